The number of aromatic nitrogens is 2. The molecule has 3 nitrogen and oxygen atoms in total. The number of benzene rings is 3. The summed E-state index contributed by atoms with van der Waals surface area (Å²) in [5.41, 5.74) is 2.46. The van der Waals surface area contributed by atoms with Crippen LogP contribution in [-0.4, -0.2) is 6.61 Å². The summed E-state index contributed by atoms with van der Waals surface area (Å²) in [4.78, 5) is 0. The van der Waals surface area contributed by atoms with Crippen LogP contribution in [0.2, 0.25) is 0 Å². The molecule has 0 aliphatic carbocycles. The Morgan fingerprint density at radius 1 is 0.583 bits per heavy atom. The van der Waals surface area contributed by atoms with Crippen molar-refractivity contribution in [1.29, 1.82) is 0 Å². The summed E-state index contributed by atoms with van der Waals surface area (Å²) in [7, 11) is 1.45. The molecule has 0 aliphatic rings. The third-order valence-electron chi connectivity index (χ3n) is 6.16. The first-order chi connectivity index (χ1) is 17.8. The van der Waals surface area contributed by atoms with Crippen LogP contribution in [0.25, 0.3) is 11.1 Å². The molecule has 0 saturated heterocycles. The Morgan fingerprint density at radius 2 is 1.08 bits per heavy atom. The fourth-order valence-electron chi connectivity index (χ4n) is 4.22. The first kappa shape index (κ1) is 23.9. The second-order valence-electron chi connectivity index (χ2n) is 8.78. The van der Waals surface area contributed by atoms with Crippen LogP contribution in [0.3, 0.4) is 0 Å². The summed E-state index contributed by atoms with van der Waals surface area (Å²) in [6, 6.07) is 38.9. The van der Waals surface area contributed by atoms with Gasteiger partial charge in [-0.15, -0.1) is 0 Å². The van der Waals surface area contributed by atoms with E-state index in [0.717, 1.165) is 18.7 Å². The van der Waals surface area contributed by atoms with Crippen LogP contribution < -0.4 is 29.8 Å². The Kier molecular flexibility index (Phi) is 7.80. The van der Waals surface area contributed by atoms with E-state index in [-0.39, 0.29) is 0 Å². The third-order valence-corrected chi connectivity index (χ3v) is 8.60. The molecule has 0 radical (unpaired) electrons. The molecule has 0 bridgehead atoms. The predicted molar refractivity (Wildman–Crippen MR) is 149 cm³/mol. The minimum Gasteiger partial charge on any atom is -0.493 e. The highest BCUT2D eigenvalue weighted by atomic mass is 31.1. The normalized spacial score (nSPS) is 10.9. The van der Waals surface area contributed by atoms with E-state index in [1.165, 1.54) is 27.0 Å². The van der Waals surface area contributed by atoms with Gasteiger partial charge in [0, 0.05) is 30.7 Å². The highest BCUT2D eigenvalue weighted by Crippen LogP contribution is 2.33. The minimum absolute atomic E-state index is 0.586. The maximum Gasteiger partial charge on any atom is 0.169 e. The van der Waals surface area contributed by atoms with Gasteiger partial charge in [0.1, 0.15) is 12.8 Å². The van der Waals surface area contributed by atoms with Crippen molar-refractivity contribution in [3.05, 3.63) is 134 Å². The van der Waals surface area contributed by atoms with Gasteiger partial charge in [-0.1, -0.05) is 72.8 Å². The molecule has 0 aliphatic heterocycles. The molecule has 5 aromatic rings. The van der Waals surface area contributed by atoms with Crippen LogP contribution in [0.1, 0.15) is 6.42 Å². The zero-order chi connectivity index (χ0) is 24.6. The van der Waals surface area contributed by atoms with Crippen LogP contribution in [-0.2, 0) is 13.6 Å². The van der Waals surface area contributed by atoms with E-state index in [1.54, 1.807) is 0 Å². The number of aryl methyl sites for hydroxylation is 2. The molecule has 0 N–H and O–H groups in total. The monoisotopic (exact) mass is 490 g/mol. The summed E-state index contributed by atoms with van der Waals surface area (Å²) in [6.45, 7) is 1.62. The minimum atomic E-state index is -0.586. The summed E-state index contributed by atoms with van der Waals surface area (Å²) in [5.74, 6) is 0.924. The van der Waals surface area contributed by atoms with Crippen LogP contribution in [0.15, 0.2) is 134 Å². The van der Waals surface area contributed by atoms with E-state index in [1.807, 2.05) is 11.6 Å². The Morgan fingerprint density at radius 3 is 1.64 bits per heavy atom. The Labute approximate surface area is 215 Å². The van der Waals surface area contributed by atoms with Gasteiger partial charge in [0.05, 0.1) is 6.61 Å². The fraction of sp³-hybridized carbons (Fsp3) is 0.125. The summed E-state index contributed by atoms with van der Waals surface area (Å²) >= 11 is 0. The Balaban J connectivity index is 1.17. The van der Waals surface area contributed by atoms with Crippen molar-refractivity contribution in [3.8, 4) is 16.9 Å². The number of pyridine rings is 2. The molecule has 2 aromatic heterocycles. The molecular weight excluding hydrogens is 459 g/mol. The van der Waals surface area contributed by atoms with Crippen LogP contribution in [0.4, 0.5) is 0 Å². The molecule has 2 heterocycles. The highest BCUT2D eigenvalue weighted by molar-refractivity contribution is 7.79. The molecule has 5 rings (SSSR count). The Hall–Kier alpha value is -3.81. The third kappa shape index (κ3) is 6.05. The molecule has 0 saturated carbocycles. The van der Waals surface area contributed by atoms with E-state index in [4.69, 9.17) is 4.74 Å². The second kappa shape index (κ2) is 11.7. The van der Waals surface area contributed by atoms with Crippen molar-refractivity contribution in [1.82, 2.24) is 0 Å². The zero-order valence-corrected chi connectivity index (χ0v) is 21.5. The van der Waals surface area contributed by atoms with Gasteiger partial charge in [0.25, 0.3) is 0 Å². The SMILES string of the molecule is C[n+]1ccc(-c2cc[n+](CCCOc3ccc(P(c4ccccc4)c4ccccc4)cc3)cc2)cc1. The lowest BCUT2D eigenvalue weighted by atomic mass is 10.1. The molecule has 0 fully saturated rings. The van der Waals surface area contributed by atoms with Crippen molar-refractivity contribution >= 4 is 23.8 Å². The highest BCUT2D eigenvalue weighted by Gasteiger charge is 2.16. The number of ether oxygens (including phenoxy) is 1. The summed E-state index contributed by atoms with van der Waals surface area (Å²) in [5, 5.41) is 4.05. The summed E-state index contributed by atoms with van der Waals surface area (Å²) < 4.78 is 10.3. The first-order valence-corrected chi connectivity index (χ1v) is 13.7. The van der Waals surface area contributed by atoms with Gasteiger partial charge >= 0.3 is 0 Å². The Bertz CT molecular complexity index is 1320. The van der Waals surface area contributed by atoms with E-state index in [2.05, 4.69) is 139 Å². The molecule has 36 heavy (non-hydrogen) atoms. The zero-order valence-electron chi connectivity index (χ0n) is 20.6. The fourth-order valence-corrected chi connectivity index (χ4v) is 6.50. The molecule has 3 aromatic carbocycles. The lowest BCUT2D eigenvalue weighted by molar-refractivity contribution is -0.697. The van der Waals surface area contributed by atoms with Gasteiger partial charge in [-0.25, -0.2) is 9.13 Å². The molecule has 0 amide bonds. The number of hydrogen-bond acceptors (Lipinski definition) is 1. The van der Waals surface area contributed by atoms with Crippen LogP contribution >= 0.6 is 7.92 Å². The van der Waals surface area contributed by atoms with E-state index in [0.29, 0.717) is 6.61 Å². The number of rotatable bonds is 9. The van der Waals surface area contributed by atoms with E-state index < -0.39 is 7.92 Å². The van der Waals surface area contributed by atoms with Gasteiger partial charge in [0.2, 0.25) is 0 Å². The molecule has 0 unspecified atom stereocenters. The van der Waals surface area contributed by atoms with Gasteiger partial charge in [-0.3, -0.25) is 0 Å². The van der Waals surface area contributed by atoms with E-state index in [9.17, 15) is 0 Å². The quantitative estimate of drug-likeness (QED) is 0.166. The lowest BCUT2D eigenvalue weighted by Gasteiger charge is -2.19. The van der Waals surface area contributed by atoms with Crippen molar-refractivity contribution < 1.29 is 13.9 Å². The topological polar surface area (TPSA) is 17.0 Å². The molecule has 178 valence electrons. The van der Waals surface area contributed by atoms with Crippen molar-refractivity contribution in [2.24, 2.45) is 7.05 Å². The standard InChI is InChI=1S/C32H31N2OP/c1-33-22-17-27(18-23-33)28-19-24-34(25-20-28)21-8-26-35-29-13-15-32(16-14-29)36(30-9-4-2-5-10-30)31-11-6-3-7-12-31/h2-7,9-20,22-25H,8,21,26H2,1H3/q+2. The average molecular weight is 491 g/mol. The van der Waals surface area contributed by atoms with Crippen molar-refractivity contribution in [2.75, 3.05) is 6.61 Å². The van der Waals surface area contributed by atoms with Gasteiger partial charge in [0.15, 0.2) is 31.3 Å². The van der Waals surface area contributed by atoms with Crippen molar-refractivity contribution in [2.45, 2.75) is 13.0 Å². The second-order valence-corrected chi connectivity index (χ2v) is 11.0. The smallest absolute Gasteiger partial charge is 0.169 e. The molecular formula is C32H31N2OP+2. The van der Waals surface area contributed by atoms with Gasteiger partial charge < -0.3 is 4.74 Å². The maximum atomic E-state index is 6.07. The van der Waals surface area contributed by atoms with Crippen molar-refractivity contribution in [3.63, 3.8) is 0 Å². The molecule has 0 atom stereocenters. The van der Waals surface area contributed by atoms with Crippen LogP contribution in [0.5, 0.6) is 5.75 Å². The predicted octanol–water partition coefficient (Wildman–Crippen LogP) is 4.69. The molecule has 4 heteroatoms. The van der Waals surface area contributed by atoms with Crippen LogP contribution in [0, 0.1) is 0 Å². The van der Waals surface area contributed by atoms with Gasteiger partial charge in [-0.05, 0) is 47.1 Å². The molecule has 0 spiro atoms. The first-order valence-electron chi connectivity index (χ1n) is 12.3. The average Bonchev–Trinajstić information content (AvgIpc) is 2.94. The summed E-state index contributed by atoms with van der Waals surface area (Å²) in [6.07, 6.45) is 9.39. The maximum absolute atomic E-state index is 6.07. The van der Waals surface area contributed by atoms with E-state index >= 15 is 0 Å². The largest absolute Gasteiger partial charge is 0.493 e. The number of hydrogen-bond donors (Lipinski definition) is 0. The van der Waals surface area contributed by atoms with Gasteiger partial charge in [-0.2, -0.15) is 0 Å². The lowest BCUT2D eigenvalue weighted by Crippen LogP contribution is -2.33. The number of nitrogens with zero attached hydrogens (tertiary/aromatic N) is 2.